The fourth-order valence-electron chi connectivity index (χ4n) is 3.34. The Bertz CT molecular complexity index is 716. The highest BCUT2D eigenvalue weighted by molar-refractivity contribution is 6.37. The van der Waals surface area contributed by atoms with Gasteiger partial charge in [-0.2, -0.15) is 0 Å². The fraction of sp³-hybridized carbons (Fsp3) is 0.500. The Balaban J connectivity index is 1.64. The van der Waals surface area contributed by atoms with E-state index in [1.54, 1.807) is 7.11 Å². The van der Waals surface area contributed by atoms with Crippen LogP contribution in [0.3, 0.4) is 0 Å². The summed E-state index contributed by atoms with van der Waals surface area (Å²) in [6.07, 6.45) is 2.17. The molecule has 1 fully saturated rings. The first-order valence-electron chi connectivity index (χ1n) is 8.90. The van der Waals surface area contributed by atoms with Gasteiger partial charge in [-0.05, 0) is 36.8 Å². The van der Waals surface area contributed by atoms with Gasteiger partial charge >= 0.3 is 0 Å². The van der Waals surface area contributed by atoms with E-state index in [9.17, 15) is 0 Å². The monoisotopic (exact) mass is 362 g/mol. The molecule has 1 heterocycles. The van der Waals surface area contributed by atoms with Gasteiger partial charge in [-0.3, -0.25) is 0 Å². The standard InChI is InChI=1S/C20H27ClN2O2/c1-15(22(2)23-10-12-25-13-11-23)4-5-16-6-8-18-17(14-16)7-9-19(24-3)20(18)21/h6-9,14-15H,4-5,10-13H2,1-3H3. The van der Waals surface area contributed by atoms with Crippen LogP contribution in [-0.2, 0) is 11.2 Å². The van der Waals surface area contributed by atoms with E-state index >= 15 is 0 Å². The van der Waals surface area contributed by atoms with E-state index in [1.165, 1.54) is 5.56 Å². The number of methoxy groups -OCH3 is 1. The molecule has 1 aliphatic rings. The van der Waals surface area contributed by atoms with Gasteiger partial charge in [-0.1, -0.05) is 35.9 Å². The molecular weight excluding hydrogens is 336 g/mol. The fourth-order valence-corrected chi connectivity index (χ4v) is 3.66. The van der Waals surface area contributed by atoms with Crippen LogP contribution in [0.4, 0.5) is 0 Å². The zero-order valence-electron chi connectivity index (χ0n) is 15.3. The summed E-state index contributed by atoms with van der Waals surface area (Å²) in [6, 6.07) is 11.0. The molecule has 3 rings (SSSR count). The number of halogens is 1. The molecule has 4 nitrogen and oxygen atoms in total. The average Bonchev–Trinajstić information content (AvgIpc) is 2.66. The van der Waals surface area contributed by atoms with Crippen LogP contribution in [0.2, 0.25) is 5.02 Å². The lowest BCUT2D eigenvalue weighted by atomic mass is 10.0. The maximum atomic E-state index is 6.40. The average molecular weight is 363 g/mol. The van der Waals surface area contributed by atoms with Crippen molar-refractivity contribution in [3.8, 4) is 5.75 Å². The summed E-state index contributed by atoms with van der Waals surface area (Å²) in [6.45, 7) is 5.91. The summed E-state index contributed by atoms with van der Waals surface area (Å²) < 4.78 is 10.7. The molecule has 0 radical (unpaired) electrons. The third-order valence-corrected chi connectivity index (χ3v) is 5.52. The minimum Gasteiger partial charge on any atom is -0.495 e. The van der Waals surface area contributed by atoms with Crippen molar-refractivity contribution in [3.63, 3.8) is 0 Å². The second-order valence-electron chi connectivity index (χ2n) is 6.66. The molecule has 136 valence electrons. The van der Waals surface area contributed by atoms with Crippen molar-refractivity contribution in [3.05, 3.63) is 40.9 Å². The van der Waals surface area contributed by atoms with Crippen LogP contribution < -0.4 is 4.74 Å². The molecule has 2 aromatic rings. The molecule has 25 heavy (non-hydrogen) atoms. The molecule has 0 saturated carbocycles. The summed E-state index contributed by atoms with van der Waals surface area (Å²) in [5, 5.41) is 7.65. The van der Waals surface area contributed by atoms with Gasteiger partial charge in [-0.15, -0.1) is 0 Å². The second kappa shape index (κ2) is 8.37. The number of hydrogen-bond donors (Lipinski definition) is 0. The van der Waals surface area contributed by atoms with Crippen LogP contribution in [0.25, 0.3) is 10.8 Å². The third kappa shape index (κ3) is 4.26. The first-order valence-corrected chi connectivity index (χ1v) is 9.28. The van der Waals surface area contributed by atoms with Gasteiger partial charge in [0.25, 0.3) is 0 Å². The quantitative estimate of drug-likeness (QED) is 0.775. The topological polar surface area (TPSA) is 24.9 Å². The highest BCUT2D eigenvalue weighted by atomic mass is 35.5. The van der Waals surface area contributed by atoms with Gasteiger partial charge in [0, 0.05) is 31.6 Å². The molecule has 1 unspecified atom stereocenters. The molecule has 5 heteroatoms. The molecule has 0 aromatic heterocycles. The number of morpholine rings is 1. The van der Waals surface area contributed by atoms with E-state index in [1.807, 2.05) is 6.07 Å². The zero-order valence-corrected chi connectivity index (χ0v) is 16.1. The van der Waals surface area contributed by atoms with Crippen LogP contribution >= 0.6 is 11.6 Å². The van der Waals surface area contributed by atoms with Crippen molar-refractivity contribution >= 4 is 22.4 Å². The Morgan fingerprint density at radius 2 is 2.00 bits per heavy atom. The van der Waals surface area contributed by atoms with Crippen LogP contribution in [0.5, 0.6) is 5.75 Å². The van der Waals surface area contributed by atoms with Crippen molar-refractivity contribution in [1.29, 1.82) is 0 Å². The molecule has 2 aromatic carbocycles. The van der Waals surface area contributed by atoms with E-state index < -0.39 is 0 Å². The molecule has 0 aliphatic carbocycles. The summed E-state index contributed by atoms with van der Waals surface area (Å²) in [5.74, 6) is 0.725. The number of ether oxygens (including phenoxy) is 2. The van der Waals surface area contributed by atoms with Crippen molar-refractivity contribution in [2.24, 2.45) is 0 Å². The van der Waals surface area contributed by atoms with Gasteiger partial charge in [0.15, 0.2) is 0 Å². The summed E-state index contributed by atoms with van der Waals surface area (Å²) >= 11 is 6.40. The van der Waals surface area contributed by atoms with E-state index in [4.69, 9.17) is 21.1 Å². The molecule has 1 atom stereocenters. The number of fused-ring (bicyclic) bond motifs is 1. The molecule has 0 amide bonds. The smallest absolute Gasteiger partial charge is 0.138 e. The highest BCUT2D eigenvalue weighted by Gasteiger charge is 2.19. The Morgan fingerprint density at radius 3 is 2.72 bits per heavy atom. The molecule has 0 bridgehead atoms. The Hall–Kier alpha value is -1.33. The van der Waals surface area contributed by atoms with Crippen molar-refractivity contribution < 1.29 is 9.47 Å². The largest absolute Gasteiger partial charge is 0.495 e. The Labute approximate surface area is 155 Å². The highest BCUT2D eigenvalue weighted by Crippen LogP contribution is 2.33. The van der Waals surface area contributed by atoms with E-state index in [2.05, 4.69) is 48.3 Å². The number of rotatable bonds is 6. The minimum absolute atomic E-state index is 0.494. The van der Waals surface area contributed by atoms with Crippen LogP contribution in [-0.4, -0.2) is 56.5 Å². The van der Waals surface area contributed by atoms with Gasteiger partial charge < -0.3 is 9.47 Å². The van der Waals surface area contributed by atoms with Crippen molar-refractivity contribution in [1.82, 2.24) is 10.0 Å². The predicted octanol–water partition coefficient (Wildman–Crippen LogP) is 4.00. The number of hydrogen-bond acceptors (Lipinski definition) is 4. The van der Waals surface area contributed by atoms with Gasteiger partial charge in [0.1, 0.15) is 5.75 Å². The number of hydrazine groups is 1. The Morgan fingerprint density at radius 1 is 1.24 bits per heavy atom. The van der Waals surface area contributed by atoms with Gasteiger partial charge in [0.2, 0.25) is 0 Å². The van der Waals surface area contributed by atoms with Crippen molar-refractivity contribution in [2.75, 3.05) is 40.5 Å². The van der Waals surface area contributed by atoms with Crippen LogP contribution in [0.15, 0.2) is 30.3 Å². The Kier molecular flexibility index (Phi) is 6.18. The van der Waals surface area contributed by atoms with Crippen LogP contribution in [0, 0.1) is 0 Å². The first-order chi connectivity index (χ1) is 12.1. The second-order valence-corrected chi connectivity index (χ2v) is 7.04. The maximum absolute atomic E-state index is 6.40. The lowest BCUT2D eigenvalue weighted by Gasteiger charge is -2.38. The minimum atomic E-state index is 0.494. The molecule has 0 N–H and O–H groups in total. The summed E-state index contributed by atoms with van der Waals surface area (Å²) in [4.78, 5) is 0. The maximum Gasteiger partial charge on any atom is 0.138 e. The molecule has 1 saturated heterocycles. The van der Waals surface area contributed by atoms with Crippen molar-refractivity contribution in [2.45, 2.75) is 25.8 Å². The normalized spacial score (nSPS) is 17.2. The molecular formula is C20H27ClN2O2. The van der Waals surface area contributed by atoms with E-state index in [0.29, 0.717) is 11.1 Å². The van der Waals surface area contributed by atoms with E-state index in [-0.39, 0.29) is 0 Å². The number of aryl methyl sites for hydroxylation is 1. The third-order valence-electron chi connectivity index (χ3n) is 5.13. The SMILES string of the molecule is COc1ccc2cc(CCC(C)N(C)N3CCOCC3)ccc2c1Cl. The van der Waals surface area contributed by atoms with Gasteiger partial charge in [0.05, 0.1) is 25.3 Å². The zero-order chi connectivity index (χ0) is 17.8. The number of benzene rings is 2. The predicted molar refractivity (Wildman–Crippen MR) is 103 cm³/mol. The molecule has 0 spiro atoms. The van der Waals surface area contributed by atoms with Gasteiger partial charge in [-0.25, -0.2) is 10.0 Å². The first kappa shape index (κ1) is 18.5. The number of nitrogens with zero attached hydrogens (tertiary/aromatic N) is 2. The molecule has 1 aliphatic heterocycles. The lowest BCUT2D eigenvalue weighted by Crippen LogP contribution is -2.50. The lowest BCUT2D eigenvalue weighted by molar-refractivity contribution is -0.0949. The van der Waals surface area contributed by atoms with Crippen LogP contribution in [0.1, 0.15) is 18.9 Å². The summed E-state index contributed by atoms with van der Waals surface area (Å²) in [5.41, 5.74) is 1.34. The van der Waals surface area contributed by atoms with E-state index in [0.717, 1.165) is 55.7 Å². The summed E-state index contributed by atoms with van der Waals surface area (Å²) in [7, 11) is 3.83.